The normalized spacial score (nSPS) is 10.8. The Labute approximate surface area is 385 Å². The highest BCUT2D eigenvalue weighted by Crippen LogP contribution is 2.30. The maximum absolute atomic E-state index is 13.1. The zero-order chi connectivity index (χ0) is 46.5. The van der Waals surface area contributed by atoms with Gasteiger partial charge in [0.05, 0.1) is 21.9 Å². The predicted octanol–water partition coefficient (Wildman–Crippen LogP) is 9.79. The van der Waals surface area contributed by atoms with Gasteiger partial charge in [0.15, 0.2) is 11.6 Å². The van der Waals surface area contributed by atoms with E-state index in [2.05, 4.69) is 61.4 Å². The Morgan fingerprint density at radius 3 is 1.52 bits per heavy atom. The summed E-state index contributed by atoms with van der Waals surface area (Å²) in [6, 6.07) is 41.6. The molecule has 16 nitrogen and oxygen atoms in total. The van der Waals surface area contributed by atoms with Crippen molar-refractivity contribution in [3.8, 4) is 0 Å². The number of rotatable bonds is 15. The summed E-state index contributed by atoms with van der Waals surface area (Å²) < 4.78 is 0. The molecule has 5 aromatic carbocycles. The lowest BCUT2D eigenvalue weighted by molar-refractivity contribution is -0.116. The molecule has 0 saturated heterocycles. The van der Waals surface area contributed by atoms with Crippen LogP contribution >= 0.6 is 0 Å². The van der Waals surface area contributed by atoms with Gasteiger partial charge in [-0.3, -0.25) is 14.4 Å². The lowest BCUT2D eigenvalue weighted by Crippen LogP contribution is -2.19. The maximum atomic E-state index is 13.1. The third-order valence-corrected chi connectivity index (χ3v) is 10.4. The van der Waals surface area contributed by atoms with Gasteiger partial charge in [0.2, 0.25) is 5.91 Å². The van der Waals surface area contributed by atoms with Crippen LogP contribution in [0.15, 0.2) is 165 Å². The number of para-hydroxylation sites is 1. The van der Waals surface area contributed by atoms with Crippen molar-refractivity contribution in [3.05, 3.63) is 187 Å². The van der Waals surface area contributed by atoms with Gasteiger partial charge >= 0.3 is 6.03 Å². The predicted molar refractivity (Wildman–Crippen MR) is 262 cm³/mol. The summed E-state index contributed by atoms with van der Waals surface area (Å²) in [5.41, 5.74) is 6.76. The molecule has 334 valence electrons. The third-order valence-electron chi connectivity index (χ3n) is 10.4. The van der Waals surface area contributed by atoms with Gasteiger partial charge in [0, 0.05) is 58.4 Å². The molecule has 0 aliphatic carbocycles. The van der Waals surface area contributed by atoms with Gasteiger partial charge in [-0.15, -0.1) is 0 Å². The molecule has 0 radical (unpaired) electrons. The topological polar surface area (TPSA) is 215 Å². The van der Waals surface area contributed by atoms with Crippen LogP contribution in [-0.2, 0) is 4.79 Å². The molecular weight excluding hydrogens is 845 g/mol. The molecule has 16 heteroatoms. The number of hydrogen-bond acceptors (Lipinski definition) is 11. The fraction of sp³-hybridized carbons (Fsp3) is 0.0980. The van der Waals surface area contributed by atoms with E-state index in [9.17, 15) is 19.2 Å². The van der Waals surface area contributed by atoms with Crippen molar-refractivity contribution in [2.75, 3.05) is 47.2 Å². The van der Waals surface area contributed by atoms with Crippen LogP contribution in [0.5, 0.6) is 0 Å². The average Bonchev–Trinajstić information content (AvgIpc) is 3.99. The molecule has 3 amide bonds. The van der Waals surface area contributed by atoms with Gasteiger partial charge in [0.1, 0.15) is 35.6 Å². The molecule has 7 N–H and O–H groups in total. The molecule has 4 heterocycles. The molecule has 0 atom stereocenters. The summed E-state index contributed by atoms with van der Waals surface area (Å²) in [6.07, 6.45) is 7.46. The third kappa shape index (κ3) is 11.4. The summed E-state index contributed by atoms with van der Waals surface area (Å²) in [6.45, 7) is 0.873. The van der Waals surface area contributed by atoms with Crippen molar-refractivity contribution in [1.29, 1.82) is 0 Å². The lowest BCUT2D eigenvalue weighted by atomic mass is 10.0. The SMILES string of the molecule is CN(C)CCCC(=O)Nc1ccc(Nc2ncnc3[nH]cc(C(=O)c4ccccc4)c23)cc1.O=C(Nc1ccccc1)Nc1cccc(Nc2ncnc3[nH]cc(C(=O)c4ccccc4)c23)c1. The van der Waals surface area contributed by atoms with Crippen LogP contribution in [0.25, 0.3) is 22.1 Å². The minimum atomic E-state index is -0.353. The first-order chi connectivity index (χ1) is 32.7. The number of aromatic amines is 2. The Balaban J connectivity index is 0.000000182. The van der Waals surface area contributed by atoms with Crippen LogP contribution in [0.4, 0.5) is 44.9 Å². The molecule has 4 aromatic heterocycles. The Kier molecular flexibility index (Phi) is 14.0. The van der Waals surface area contributed by atoms with E-state index >= 15 is 0 Å². The Morgan fingerprint density at radius 1 is 0.507 bits per heavy atom. The quantitative estimate of drug-likeness (QED) is 0.0481. The zero-order valence-electron chi connectivity index (χ0n) is 36.6. The number of fused-ring (bicyclic) bond motifs is 2. The first-order valence-corrected chi connectivity index (χ1v) is 21.3. The number of aromatic nitrogens is 6. The van der Waals surface area contributed by atoms with Gasteiger partial charge < -0.3 is 41.5 Å². The van der Waals surface area contributed by atoms with Crippen LogP contribution in [0.2, 0.25) is 0 Å². The van der Waals surface area contributed by atoms with Gasteiger partial charge in [-0.05, 0) is 81.7 Å². The molecular formula is C51H46N12O4. The number of hydrogen-bond donors (Lipinski definition) is 7. The number of carbonyl (C=O) groups excluding carboxylic acids is 4. The molecule has 0 saturated carbocycles. The van der Waals surface area contributed by atoms with Gasteiger partial charge in [-0.25, -0.2) is 24.7 Å². The fourth-order valence-electron chi connectivity index (χ4n) is 7.14. The van der Waals surface area contributed by atoms with Crippen LogP contribution in [-0.4, -0.2) is 78.9 Å². The van der Waals surface area contributed by atoms with Crippen molar-refractivity contribution in [2.45, 2.75) is 12.8 Å². The number of anilines is 7. The summed E-state index contributed by atoms with van der Waals surface area (Å²) in [7, 11) is 3.98. The molecule has 0 aliphatic heterocycles. The minimum absolute atomic E-state index is 0.00791. The van der Waals surface area contributed by atoms with Crippen LogP contribution in [0.3, 0.4) is 0 Å². The number of carbonyl (C=O) groups is 4. The number of nitrogens with zero attached hydrogens (tertiary/aromatic N) is 5. The maximum Gasteiger partial charge on any atom is 0.323 e. The van der Waals surface area contributed by atoms with E-state index in [1.54, 1.807) is 48.8 Å². The molecule has 9 aromatic rings. The highest BCUT2D eigenvalue weighted by atomic mass is 16.2. The smallest absolute Gasteiger partial charge is 0.323 e. The molecule has 0 aliphatic rings. The standard InChI is InChI=1S/C26H20N6O2.C25H26N6O2/c33-23(17-8-3-1-4-9-17)21-15-27-24-22(21)25(29-16-28-24)30-19-12-7-13-20(14-19)32-26(34)31-18-10-5-2-6-11-18;1-31(2)14-6-9-21(32)29-18-10-12-19(13-11-18)30-25-22-20(15-26-24(22)27-16-28-25)23(33)17-7-4-3-5-8-17/h1-16H,(H2,31,32,34)(H2,27,28,29,30);3-5,7-8,10-13,15-16H,6,9,14H2,1-2H3,(H,29,32)(H2,26,27,28,30). The van der Waals surface area contributed by atoms with Gasteiger partial charge in [0.25, 0.3) is 0 Å². The molecule has 67 heavy (non-hydrogen) atoms. The fourth-order valence-corrected chi connectivity index (χ4v) is 7.14. The van der Waals surface area contributed by atoms with Crippen molar-refractivity contribution < 1.29 is 19.2 Å². The van der Waals surface area contributed by atoms with Crippen LogP contribution < -0.4 is 26.6 Å². The van der Waals surface area contributed by atoms with E-state index in [4.69, 9.17) is 0 Å². The van der Waals surface area contributed by atoms with Gasteiger partial charge in [-0.2, -0.15) is 0 Å². The van der Waals surface area contributed by atoms with Gasteiger partial charge in [-0.1, -0.05) is 84.9 Å². The number of nitrogens with one attached hydrogen (secondary N) is 7. The van der Waals surface area contributed by atoms with E-state index in [1.807, 2.05) is 117 Å². The largest absolute Gasteiger partial charge is 0.345 e. The molecule has 0 unspecified atom stereocenters. The van der Waals surface area contributed by atoms with Crippen LogP contribution in [0, 0.1) is 0 Å². The van der Waals surface area contributed by atoms with Crippen molar-refractivity contribution in [1.82, 2.24) is 34.8 Å². The number of amides is 3. The highest BCUT2D eigenvalue weighted by molar-refractivity contribution is 6.19. The number of benzene rings is 5. The first kappa shape index (κ1) is 44.6. The zero-order valence-corrected chi connectivity index (χ0v) is 36.6. The Bertz CT molecular complexity index is 3140. The number of ketones is 2. The number of H-pyrrole nitrogens is 2. The highest BCUT2D eigenvalue weighted by Gasteiger charge is 2.20. The molecule has 0 bridgehead atoms. The summed E-state index contributed by atoms with van der Waals surface area (Å²) in [4.78, 5) is 76.0. The minimum Gasteiger partial charge on any atom is -0.345 e. The Morgan fingerprint density at radius 2 is 0.970 bits per heavy atom. The van der Waals surface area contributed by atoms with Crippen molar-refractivity contribution in [2.24, 2.45) is 0 Å². The molecule has 0 spiro atoms. The van der Waals surface area contributed by atoms with Crippen molar-refractivity contribution >= 4 is 85.6 Å². The monoisotopic (exact) mass is 890 g/mol. The summed E-state index contributed by atoms with van der Waals surface area (Å²) >= 11 is 0. The number of urea groups is 1. The Hall–Kier alpha value is -9.02. The van der Waals surface area contributed by atoms with E-state index < -0.39 is 0 Å². The van der Waals surface area contributed by atoms with E-state index in [1.165, 1.54) is 12.7 Å². The van der Waals surface area contributed by atoms with E-state index in [-0.39, 0.29) is 23.5 Å². The second kappa shape index (κ2) is 21.1. The second-order valence-electron chi connectivity index (χ2n) is 15.5. The molecule has 0 fully saturated rings. The lowest BCUT2D eigenvalue weighted by Gasteiger charge is -2.11. The average molecular weight is 891 g/mol. The van der Waals surface area contributed by atoms with Crippen LogP contribution in [0.1, 0.15) is 44.7 Å². The summed E-state index contributed by atoms with van der Waals surface area (Å²) in [5, 5.41) is 16.3. The first-order valence-electron chi connectivity index (χ1n) is 21.3. The summed E-state index contributed by atoms with van der Waals surface area (Å²) in [5.74, 6) is 0.772. The molecule has 9 rings (SSSR count). The second-order valence-corrected chi connectivity index (χ2v) is 15.5. The van der Waals surface area contributed by atoms with E-state index in [0.717, 1.165) is 24.3 Å². The van der Waals surface area contributed by atoms with E-state index in [0.29, 0.717) is 79.4 Å². The van der Waals surface area contributed by atoms with Crippen molar-refractivity contribution in [3.63, 3.8) is 0 Å².